The Bertz CT molecular complexity index is 1200. The molecule has 0 spiro atoms. The molecule has 4 rings (SSSR count). The summed E-state index contributed by atoms with van der Waals surface area (Å²) in [6.07, 6.45) is -3.71. The Morgan fingerprint density at radius 1 is 1.12 bits per heavy atom. The van der Waals surface area contributed by atoms with Crippen LogP contribution in [0.5, 0.6) is 5.75 Å². The molecule has 178 valence electrons. The number of benzene rings is 2. The quantitative estimate of drug-likeness (QED) is 0.531. The number of carbonyl (C=O) groups excluding carboxylic acids is 2. The summed E-state index contributed by atoms with van der Waals surface area (Å²) < 4.78 is 44.9. The topological polar surface area (TPSA) is 96.5 Å². The number of urea groups is 1. The minimum absolute atomic E-state index is 0.239. The van der Waals surface area contributed by atoms with Crippen molar-refractivity contribution >= 4 is 34.1 Å². The van der Waals surface area contributed by atoms with Gasteiger partial charge in [-0.15, -0.1) is 10.2 Å². The second kappa shape index (κ2) is 9.67. The number of methoxy groups -OCH3 is 1. The van der Waals surface area contributed by atoms with Crippen LogP contribution in [-0.2, 0) is 11.0 Å². The third-order valence-corrected chi connectivity index (χ3v) is 6.15. The van der Waals surface area contributed by atoms with E-state index in [1.807, 2.05) is 6.07 Å². The fraction of sp³-hybridized carbons (Fsp3) is 0.273. The maximum atomic E-state index is 13.2. The normalized spacial score (nSPS) is 15.8. The monoisotopic (exact) mass is 491 g/mol. The molecule has 1 aliphatic rings. The Labute approximate surface area is 196 Å². The molecule has 0 saturated carbocycles. The lowest BCUT2D eigenvalue weighted by molar-refractivity contribution is -0.137. The van der Waals surface area contributed by atoms with Crippen molar-refractivity contribution in [3.8, 4) is 16.3 Å². The third kappa shape index (κ3) is 5.11. The van der Waals surface area contributed by atoms with Crippen LogP contribution in [0, 0.1) is 0 Å². The summed E-state index contributed by atoms with van der Waals surface area (Å²) >= 11 is 1.16. The molecule has 1 fully saturated rings. The van der Waals surface area contributed by atoms with Crippen molar-refractivity contribution in [3.05, 3.63) is 54.1 Å². The SMILES string of the molecule is COc1cccc(-c2nnc(NC(=O)C3CCCN3C(=O)Nc3ccccc3C(F)(F)F)s2)c1. The third-order valence-electron chi connectivity index (χ3n) is 5.26. The van der Waals surface area contributed by atoms with Gasteiger partial charge in [0.25, 0.3) is 0 Å². The Hall–Kier alpha value is -3.67. The van der Waals surface area contributed by atoms with Crippen molar-refractivity contribution in [1.82, 2.24) is 15.1 Å². The van der Waals surface area contributed by atoms with Crippen LogP contribution < -0.4 is 15.4 Å². The van der Waals surface area contributed by atoms with Crippen LogP contribution in [0.15, 0.2) is 48.5 Å². The number of rotatable bonds is 5. The van der Waals surface area contributed by atoms with Gasteiger partial charge in [-0.25, -0.2) is 4.79 Å². The molecule has 2 N–H and O–H groups in total. The number of halogens is 3. The number of carbonyl (C=O) groups is 2. The summed E-state index contributed by atoms with van der Waals surface area (Å²) in [5.74, 6) is 0.170. The Kier molecular flexibility index (Phi) is 6.68. The molecule has 1 unspecified atom stereocenters. The van der Waals surface area contributed by atoms with E-state index in [4.69, 9.17) is 4.74 Å². The molecule has 1 aliphatic heterocycles. The highest BCUT2D eigenvalue weighted by molar-refractivity contribution is 7.18. The molecule has 3 aromatic rings. The molecule has 3 amide bonds. The molecule has 12 heteroatoms. The summed E-state index contributed by atoms with van der Waals surface area (Å²) in [5.41, 5.74) is -0.553. The predicted octanol–water partition coefficient (Wildman–Crippen LogP) is 4.87. The fourth-order valence-corrected chi connectivity index (χ4v) is 4.39. The molecule has 2 heterocycles. The van der Waals surface area contributed by atoms with E-state index in [0.717, 1.165) is 23.0 Å². The van der Waals surface area contributed by atoms with Gasteiger partial charge in [-0.3, -0.25) is 10.1 Å². The zero-order valence-electron chi connectivity index (χ0n) is 17.9. The number of nitrogens with one attached hydrogen (secondary N) is 2. The summed E-state index contributed by atoms with van der Waals surface area (Å²) in [7, 11) is 1.55. The first-order chi connectivity index (χ1) is 16.3. The first kappa shape index (κ1) is 23.5. The van der Waals surface area contributed by atoms with Gasteiger partial charge in [0.05, 0.1) is 18.4 Å². The average Bonchev–Trinajstić information content (AvgIpc) is 3.49. The molecule has 8 nitrogen and oxygen atoms in total. The minimum Gasteiger partial charge on any atom is -0.497 e. The van der Waals surface area contributed by atoms with E-state index in [9.17, 15) is 22.8 Å². The standard InChI is InChI=1S/C22H20F3N5O3S/c1-33-14-7-4-6-13(12-14)19-28-29-20(34-19)27-18(31)17-10-5-11-30(17)21(32)26-16-9-3-2-8-15(16)22(23,24)25/h2-4,6-9,12,17H,5,10-11H2,1H3,(H,26,32)(H,27,29,31). The second-order valence-corrected chi connectivity index (χ2v) is 8.44. The molecule has 1 saturated heterocycles. The van der Waals surface area contributed by atoms with E-state index in [2.05, 4.69) is 20.8 Å². The maximum absolute atomic E-state index is 13.2. The highest BCUT2D eigenvalue weighted by atomic mass is 32.1. The number of likely N-dealkylation sites (tertiary alicyclic amines) is 1. The number of para-hydroxylation sites is 1. The zero-order chi connectivity index (χ0) is 24.3. The number of anilines is 2. The molecule has 2 aromatic carbocycles. The van der Waals surface area contributed by atoms with Gasteiger partial charge >= 0.3 is 12.2 Å². The molecule has 0 bridgehead atoms. The van der Waals surface area contributed by atoms with Crippen LogP contribution in [-0.4, -0.2) is 46.7 Å². The van der Waals surface area contributed by atoms with E-state index in [-0.39, 0.29) is 17.4 Å². The highest BCUT2D eigenvalue weighted by Crippen LogP contribution is 2.35. The van der Waals surface area contributed by atoms with Gasteiger partial charge in [0.2, 0.25) is 11.0 Å². The predicted molar refractivity (Wildman–Crippen MR) is 121 cm³/mol. The molecule has 0 aliphatic carbocycles. The van der Waals surface area contributed by atoms with Crippen LogP contribution in [0.2, 0.25) is 0 Å². The van der Waals surface area contributed by atoms with Gasteiger partial charge in [-0.05, 0) is 37.1 Å². The second-order valence-electron chi connectivity index (χ2n) is 7.46. The van der Waals surface area contributed by atoms with Crippen molar-refractivity contribution in [1.29, 1.82) is 0 Å². The lowest BCUT2D eigenvalue weighted by Gasteiger charge is -2.24. The maximum Gasteiger partial charge on any atom is 0.418 e. The number of alkyl halides is 3. The van der Waals surface area contributed by atoms with Crippen LogP contribution in [0.1, 0.15) is 18.4 Å². The van der Waals surface area contributed by atoms with Crippen molar-refractivity contribution in [2.75, 3.05) is 24.3 Å². The Morgan fingerprint density at radius 3 is 2.68 bits per heavy atom. The van der Waals surface area contributed by atoms with Crippen LogP contribution in [0.25, 0.3) is 10.6 Å². The van der Waals surface area contributed by atoms with E-state index < -0.39 is 29.7 Å². The van der Waals surface area contributed by atoms with Gasteiger partial charge in [-0.1, -0.05) is 35.6 Å². The molecule has 0 radical (unpaired) electrons. The van der Waals surface area contributed by atoms with E-state index in [0.29, 0.717) is 23.6 Å². The summed E-state index contributed by atoms with van der Waals surface area (Å²) in [5, 5.41) is 13.8. The van der Waals surface area contributed by atoms with Crippen molar-refractivity contribution in [2.24, 2.45) is 0 Å². The first-order valence-electron chi connectivity index (χ1n) is 10.3. The van der Waals surface area contributed by atoms with Crippen LogP contribution in [0.3, 0.4) is 0 Å². The van der Waals surface area contributed by atoms with Gasteiger partial charge in [0.15, 0.2) is 0 Å². The smallest absolute Gasteiger partial charge is 0.418 e. The lowest BCUT2D eigenvalue weighted by Crippen LogP contribution is -2.45. The Balaban J connectivity index is 1.44. The number of hydrogen-bond acceptors (Lipinski definition) is 6. The average molecular weight is 491 g/mol. The van der Waals surface area contributed by atoms with Crippen molar-refractivity contribution < 1.29 is 27.5 Å². The lowest BCUT2D eigenvalue weighted by atomic mass is 10.1. The van der Waals surface area contributed by atoms with Crippen LogP contribution in [0.4, 0.5) is 28.8 Å². The molecule has 1 atom stereocenters. The van der Waals surface area contributed by atoms with Crippen molar-refractivity contribution in [3.63, 3.8) is 0 Å². The zero-order valence-corrected chi connectivity index (χ0v) is 18.7. The first-order valence-corrected chi connectivity index (χ1v) is 11.1. The number of ether oxygens (including phenoxy) is 1. The van der Waals surface area contributed by atoms with Crippen molar-refractivity contribution in [2.45, 2.75) is 25.1 Å². The van der Waals surface area contributed by atoms with Gasteiger partial charge in [-0.2, -0.15) is 13.2 Å². The van der Waals surface area contributed by atoms with Gasteiger partial charge in [0.1, 0.15) is 16.8 Å². The summed E-state index contributed by atoms with van der Waals surface area (Å²) in [6.45, 7) is 0.239. The van der Waals surface area contributed by atoms with Gasteiger partial charge in [0, 0.05) is 12.1 Å². The molecular formula is C22H20F3N5O3S. The number of nitrogens with zero attached hydrogens (tertiary/aromatic N) is 3. The fourth-order valence-electron chi connectivity index (χ4n) is 3.64. The Morgan fingerprint density at radius 2 is 1.91 bits per heavy atom. The van der Waals surface area contributed by atoms with E-state index in [1.54, 1.807) is 25.3 Å². The van der Waals surface area contributed by atoms with E-state index in [1.165, 1.54) is 23.1 Å². The molecule has 1 aromatic heterocycles. The summed E-state index contributed by atoms with van der Waals surface area (Å²) in [4.78, 5) is 26.8. The molecule has 34 heavy (non-hydrogen) atoms. The van der Waals surface area contributed by atoms with E-state index >= 15 is 0 Å². The highest BCUT2D eigenvalue weighted by Gasteiger charge is 2.37. The number of hydrogen-bond donors (Lipinski definition) is 2. The van der Waals surface area contributed by atoms with Gasteiger partial charge < -0.3 is 15.0 Å². The molecular weight excluding hydrogens is 471 g/mol. The number of aromatic nitrogens is 2. The minimum atomic E-state index is -4.62. The summed E-state index contributed by atoms with van der Waals surface area (Å²) in [6, 6.07) is 10.3. The van der Waals surface area contributed by atoms with Crippen LogP contribution >= 0.6 is 11.3 Å². The largest absolute Gasteiger partial charge is 0.497 e. The number of amides is 3.